The van der Waals surface area contributed by atoms with Crippen molar-refractivity contribution in [2.24, 2.45) is 28.6 Å². The fraction of sp³-hybridized carbons (Fsp3) is 0.556. The number of rotatable bonds is 2. The highest BCUT2D eigenvalue weighted by Crippen LogP contribution is 2.67. The van der Waals surface area contributed by atoms with Crippen molar-refractivity contribution in [1.82, 2.24) is 9.78 Å². The summed E-state index contributed by atoms with van der Waals surface area (Å²) in [5, 5.41) is 37.1. The molecule has 5 unspecified atom stereocenters. The van der Waals surface area contributed by atoms with E-state index in [9.17, 15) is 24.5 Å². The Kier molecular flexibility index (Phi) is 4.53. The minimum absolute atomic E-state index is 0.00374. The van der Waals surface area contributed by atoms with Crippen LogP contribution >= 0.6 is 0 Å². The number of nitrogens with zero attached hydrogens (tertiary/aromatic N) is 2. The maximum Gasteiger partial charge on any atom is 0.336 e. The van der Waals surface area contributed by atoms with Crippen molar-refractivity contribution in [3.05, 3.63) is 53.1 Å². The van der Waals surface area contributed by atoms with Gasteiger partial charge in [0.05, 0.1) is 23.7 Å². The molecule has 0 aliphatic heterocycles. The Morgan fingerprint density at radius 2 is 1.94 bits per heavy atom. The summed E-state index contributed by atoms with van der Waals surface area (Å²) in [7, 11) is 0. The van der Waals surface area contributed by atoms with Crippen molar-refractivity contribution in [3.8, 4) is 5.69 Å². The molecule has 4 aliphatic rings. The lowest BCUT2D eigenvalue weighted by molar-refractivity contribution is -0.193. The number of halogens is 1. The molecule has 0 amide bonds. The Balaban J connectivity index is 1.38. The lowest BCUT2D eigenvalue weighted by Gasteiger charge is -2.60. The Labute approximate surface area is 198 Å². The van der Waals surface area contributed by atoms with Crippen LogP contribution in [0.3, 0.4) is 0 Å². The van der Waals surface area contributed by atoms with Crippen molar-refractivity contribution in [2.75, 3.05) is 0 Å². The van der Waals surface area contributed by atoms with Crippen LogP contribution in [0.25, 0.3) is 11.8 Å². The molecular formula is C27H31FN2O4. The first-order chi connectivity index (χ1) is 16.1. The minimum atomic E-state index is -1.78. The van der Waals surface area contributed by atoms with Gasteiger partial charge in [-0.1, -0.05) is 19.4 Å². The van der Waals surface area contributed by atoms with Gasteiger partial charge in [0.2, 0.25) is 0 Å². The zero-order chi connectivity index (χ0) is 24.0. The third kappa shape index (κ3) is 2.68. The van der Waals surface area contributed by atoms with Gasteiger partial charge in [-0.3, -0.25) is 0 Å². The number of aliphatic hydroxyl groups excluding tert-OH is 1. The van der Waals surface area contributed by atoms with Crippen LogP contribution in [0.5, 0.6) is 0 Å². The number of aromatic nitrogens is 2. The lowest BCUT2D eigenvalue weighted by atomic mass is 9.45. The number of allylic oxidation sites excluding steroid dienone is 1. The zero-order valence-electron chi connectivity index (χ0n) is 19.5. The van der Waals surface area contributed by atoms with Crippen LogP contribution in [0.15, 0.2) is 36.0 Å². The number of benzene rings is 1. The first kappa shape index (κ1) is 22.0. The second-order valence-electron chi connectivity index (χ2n) is 11.4. The number of hydrogen-bond donors (Lipinski definition) is 3. The second-order valence-corrected chi connectivity index (χ2v) is 11.4. The summed E-state index contributed by atoms with van der Waals surface area (Å²) in [6.45, 7) is 4.11. The van der Waals surface area contributed by atoms with E-state index in [1.54, 1.807) is 12.1 Å². The number of carboxylic acid groups (broad SMARTS) is 1. The minimum Gasteiger partial charge on any atom is -0.479 e. The van der Waals surface area contributed by atoms with Crippen molar-refractivity contribution in [1.29, 1.82) is 0 Å². The first-order valence-corrected chi connectivity index (χ1v) is 12.3. The van der Waals surface area contributed by atoms with Crippen LogP contribution in [0, 0.1) is 34.4 Å². The summed E-state index contributed by atoms with van der Waals surface area (Å²) in [6, 6.07) is 6.32. The van der Waals surface area contributed by atoms with Crippen LogP contribution < -0.4 is 0 Å². The molecule has 7 heteroatoms. The molecule has 0 bridgehead atoms. The number of carboxylic acids is 1. The SMILES string of the molecule is CC12Cc3cnn(-c4ccc(F)cc4)c3C=C1CCC1C2[C@@H](O)C[C@]2(C)C1CCC2(O)C(=O)O. The van der Waals surface area contributed by atoms with Gasteiger partial charge in [-0.05, 0) is 97.6 Å². The highest BCUT2D eigenvalue weighted by atomic mass is 19.1. The molecule has 7 atom stereocenters. The summed E-state index contributed by atoms with van der Waals surface area (Å²) in [5.74, 6) is -1.21. The molecule has 0 saturated heterocycles. The van der Waals surface area contributed by atoms with E-state index in [1.165, 1.54) is 17.7 Å². The third-order valence-corrected chi connectivity index (χ3v) is 10.0. The topological polar surface area (TPSA) is 95.6 Å². The number of aliphatic hydroxyl groups is 2. The molecule has 1 heterocycles. The zero-order valence-corrected chi connectivity index (χ0v) is 19.5. The molecular weight excluding hydrogens is 435 g/mol. The fourth-order valence-corrected chi connectivity index (χ4v) is 8.33. The van der Waals surface area contributed by atoms with E-state index in [-0.39, 0.29) is 35.4 Å². The molecule has 2 aromatic rings. The van der Waals surface area contributed by atoms with E-state index in [2.05, 4.69) is 18.1 Å². The van der Waals surface area contributed by atoms with Crippen molar-refractivity contribution in [2.45, 2.75) is 64.1 Å². The van der Waals surface area contributed by atoms with Crippen molar-refractivity contribution in [3.63, 3.8) is 0 Å². The number of fused-ring (bicyclic) bond motifs is 6. The van der Waals surface area contributed by atoms with E-state index >= 15 is 0 Å². The Bertz CT molecular complexity index is 1210. The monoisotopic (exact) mass is 466 g/mol. The first-order valence-electron chi connectivity index (χ1n) is 12.3. The largest absolute Gasteiger partial charge is 0.479 e. The van der Waals surface area contributed by atoms with E-state index in [1.807, 2.05) is 17.8 Å². The number of carbonyl (C=O) groups is 1. The molecule has 6 rings (SSSR count). The maximum atomic E-state index is 13.4. The van der Waals surface area contributed by atoms with Crippen LogP contribution in [0.1, 0.15) is 57.2 Å². The molecule has 180 valence electrons. The van der Waals surface area contributed by atoms with Crippen LogP contribution in [-0.4, -0.2) is 42.8 Å². The highest BCUT2D eigenvalue weighted by molar-refractivity contribution is 5.79. The average Bonchev–Trinajstić information content (AvgIpc) is 3.30. The van der Waals surface area contributed by atoms with Gasteiger partial charge in [-0.2, -0.15) is 5.10 Å². The standard InChI is InChI=1S/C27H31FN2O4/c1-25-12-15-14-29-30(18-6-4-17(28)5-7-18)21(15)11-16(25)3-8-19-20-9-10-27(34,24(32)33)26(20,2)13-22(31)23(19)25/h4-7,11,14,19-20,22-23,31,34H,3,8-10,12-13H2,1-2H3,(H,32,33)/t19?,20?,22-,23?,25?,26+,27?/m0/s1. The van der Waals surface area contributed by atoms with Gasteiger partial charge in [-0.15, -0.1) is 0 Å². The van der Waals surface area contributed by atoms with Crippen LogP contribution in [0.4, 0.5) is 4.39 Å². The predicted molar refractivity (Wildman–Crippen MR) is 124 cm³/mol. The van der Waals surface area contributed by atoms with E-state index in [0.29, 0.717) is 12.8 Å². The molecule has 0 radical (unpaired) electrons. The van der Waals surface area contributed by atoms with E-state index in [4.69, 9.17) is 0 Å². The fourth-order valence-electron chi connectivity index (χ4n) is 8.33. The molecule has 34 heavy (non-hydrogen) atoms. The lowest BCUT2D eigenvalue weighted by Crippen LogP contribution is -2.61. The number of aliphatic carboxylic acids is 1. The van der Waals surface area contributed by atoms with Gasteiger partial charge in [0.25, 0.3) is 0 Å². The summed E-state index contributed by atoms with van der Waals surface area (Å²) in [4.78, 5) is 12.0. The predicted octanol–water partition coefficient (Wildman–Crippen LogP) is 3.98. The average molecular weight is 467 g/mol. The normalized spacial score (nSPS) is 40.6. The Hall–Kier alpha value is -2.51. The van der Waals surface area contributed by atoms with Crippen LogP contribution in [-0.2, 0) is 11.2 Å². The molecule has 1 aromatic heterocycles. The Morgan fingerprint density at radius 1 is 1.21 bits per heavy atom. The molecule has 3 fully saturated rings. The molecule has 0 spiro atoms. The molecule has 1 aromatic carbocycles. The van der Waals surface area contributed by atoms with Gasteiger partial charge in [0.1, 0.15) is 5.82 Å². The van der Waals surface area contributed by atoms with Crippen molar-refractivity contribution >= 4 is 12.0 Å². The van der Waals surface area contributed by atoms with Crippen LogP contribution in [0.2, 0.25) is 0 Å². The second kappa shape index (κ2) is 7.01. The van der Waals surface area contributed by atoms with Crippen molar-refractivity contribution < 1.29 is 24.5 Å². The van der Waals surface area contributed by atoms with Gasteiger partial charge < -0.3 is 15.3 Å². The van der Waals surface area contributed by atoms with Gasteiger partial charge in [0, 0.05) is 5.41 Å². The molecule has 3 saturated carbocycles. The quantitative estimate of drug-likeness (QED) is 0.622. The number of hydrogen-bond acceptors (Lipinski definition) is 4. The summed E-state index contributed by atoms with van der Waals surface area (Å²) in [6.07, 6.45) is 7.11. The molecule has 4 aliphatic carbocycles. The van der Waals surface area contributed by atoms with E-state index in [0.717, 1.165) is 36.2 Å². The summed E-state index contributed by atoms with van der Waals surface area (Å²) in [5.41, 5.74) is 1.35. The molecule has 3 N–H and O–H groups in total. The highest BCUT2D eigenvalue weighted by Gasteiger charge is 2.68. The van der Waals surface area contributed by atoms with E-state index < -0.39 is 23.1 Å². The third-order valence-electron chi connectivity index (χ3n) is 10.0. The maximum absolute atomic E-state index is 13.4. The van der Waals surface area contributed by atoms with Gasteiger partial charge in [-0.25, -0.2) is 13.9 Å². The molecule has 6 nitrogen and oxygen atoms in total. The smallest absolute Gasteiger partial charge is 0.336 e. The van der Waals surface area contributed by atoms with Gasteiger partial charge in [0.15, 0.2) is 5.60 Å². The summed E-state index contributed by atoms with van der Waals surface area (Å²) < 4.78 is 15.3. The summed E-state index contributed by atoms with van der Waals surface area (Å²) >= 11 is 0. The van der Waals surface area contributed by atoms with Gasteiger partial charge >= 0.3 is 5.97 Å². The Morgan fingerprint density at radius 3 is 2.65 bits per heavy atom.